The van der Waals surface area contributed by atoms with Gasteiger partial charge < -0.3 is 9.47 Å². The van der Waals surface area contributed by atoms with E-state index in [1.54, 1.807) is 0 Å². The first kappa shape index (κ1) is 18.3. The first-order valence-corrected chi connectivity index (χ1v) is 6.50. The van der Waals surface area contributed by atoms with Crippen molar-refractivity contribution in [3.05, 3.63) is 78.2 Å². The summed E-state index contributed by atoms with van der Waals surface area (Å²) in [4.78, 5) is 22.9. The maximum atomic E-state index is 11.5. The molecule has 0 atom stereocenters. The molecule has 0 heterocycles. The van der Waals surface area contributed by atoms with Crippen LogP contribution in [0.25, 0.3) is 0 Å². The number of hydrogen-bond donors (Lipinski definition) is 0. The van der Waals surface area contributed by atoms with Gasteiger partial charge in [-0.05, 0) is 11.1 Å². The topological polar surface area (TPSA) is 52.6 Å². The van der Waals surface area contributed by atoms with Crippen molar-refractivity contribution in [1.29, 1.82) is 0 Å². The molecule has 0 bridgehead atoms. The van der Waals surface area contributed by atoms with Crippen molar-refractivity contribution in [2.45, 2.75) is 13.2 Å². The third-order valence-electron chi connectivity index (χ3n) is 2.68. The number of esters is 2. The number of rotatable bonds is 6. The summed E-state index contributed by atoms with van der Waals surface area (Å²) >= 11 is 0. The molecule has 0 amide bonds. The Hall–Kier alpha value is -1.75. The molecule has 0 saturated carbocycles. The maximum absolute atomic E-state index is 11.5. The first-order valence-electron chi connectivity index (χ1n) is 6.50. The van der Waals surface area contributed by atoms with E-state index in [2.05, 4.69) is 0 Å². The van der Waals surface area contributed by atoms with Crippen LogP contribution in [-0.2, 0) is 32.3 Å². The Kier molecular flexibility index (Phi) is 8.36. The monoisotopic (exact) mass is 306 g/mol. The molecular formula is C17H15NaO4. The van der Waals surface area contributed by atoms with Gasteiger partial charge in [0.15, 0.2) is 11.9 Å². The van der Waals surface area contributed by atoms with Crippen LogP contribution in [0.3, 0.4) is 0 Å². The Balaban J connectivity index is 0.00000242. The number of benzene rings is 2. The molecule has 0 aliphatic carbocycles. The standard InChI is InChI=1S/C17H15O4.Na/c18-16(20-12-14-7-3-1-4-8-14)11-17(19)21-13-15-9-5-2-6-10-15;/h1-11H,12-13H2;/q-1;+1. The minimum Gasteiger partial charge on any atom is -0.483 e. The van der Waals surface area contributed by atoms with Gasteiger partial charge in [-0.3, -0.25) is 9.59 Å². The van der Waals surface area contributed by atoms with E-state index in [-0.39, 0.29) is 42.8 Å². The van der Waals surface area contributed by atoms with Crippen LogP contribution >= 0.6 is 0 Å². The second-order valence-corrected chi connectivity index (χ2v) is 4.33. The van der Waals surface area contributed by atoms with E-state index in [0.29, 0.717) is 0 Å². The molecule has 4 nitrogen and oxygen atoms in total. The first-order chi connectivity index (χ1) is 10.2. The summed E-state index contributed by atoms with van der Waals surface area (Å²) in [5.41, 5.74) is 1.72. The van der Waals surface area contributed by atoms with E-state index in [0.717, 1.165) is 17.5 Å². The quantitative estimate of drug-likeness (QED) is 0.318. The van der Waals surface area contributed by atoms with E-state index in [1.807, 2.05) is 60.7 Å². The van der Waals surface area contributed by atoms with Gasteiger partial charge in [-0.2, -0.15) is 6.42 Å². The molecule has 0 fully saturated rings. The van der Waals surface area contributed by atoms with Crippen LogP contribution in [0.5, 0.6) is 0 Å². The minimum atomic E-state index is -0.711. The van der Waals surface area contributed by atoms with Crippen LogP contribution in [0.4, 0.5) is 0 Å². The van der Waals surface area contributed by atoms with Crippen LogP contribution < -0.4 is 29.6 Å². The van der Waals surface area contributed by atoms with Crippen molar-refractivity contribution < 1.29 is 48.6 Å². The Bertz CT molecular complexity index is 531. The van der Waals surface area contributed by atoms with Crippen molar-refractivity contribution in [1.82, 2.24) is 0 Å². The Labute approximate surface area is 151 Å². The fraction of sp³-hybridized carbons (Fsp3) is 0.118. The fourth-order valence-electron chi connectivity index (χ4n) is 1.64. The molecule has 22 heavy (non-hydrogen) atoms. The summed E-state index contributed by atoms with van der Waals surface area (Å²) in [6.07, 6.45) is 0.811. The van der Waals surface area contributed by atoms with E-state index in [9.17, 15) is 9.59 Å². The number of hydrogen-bond acceptors (Lipinski definition) is 4. The Morgan fingerprint density at radius 2 is 1.09 bits per heavy atom. The molecule has 0 spiro atoms. The summed E-state index contributed by atoms with van der Waals surface area (Å²) in [6.45, 7) is 0.254. The number of ether oxygens (including phenoxy) is 2. The van der Waals surface area contributed by atoms with Crippen molar-refractivity contribution >= 4 is 11.9 Å². The molecule has 0 aromatic heterocycles. The van der Waals surface area contributed by atoms with Gasteiger partial charge in [-0.1, -0.05) is 60.7 Å². The predicted octanol–water partition coefficient (Wildman–Crippen LogP) is -0.319. The van der Waals surface area contributed by atoms with Gasteiger partial charge in [0.25, 0.3) is 0 Å². The summed E-state index contributed by atoms with van der Waals surface area (Å²) in [5.74, 6) is -1.42. The molecule has 2 aromatic rings. The zero-order chi connectivity index (χ0) is 14.9. The average Bonchev–Trinajstić information content (AvgIpc) is 2.53. The van der Waals surface area contributed by atoms with E-state index < -0.39 is 11.9 Å². The molecule has 0 unspecified atom stereocenters. The third kappa shape index (κ3) is 6.80. The Morgan fingerprint density at radius 1 is 0.727 bits per heavy atom. The minimum absolute atomic E-state index is 0. The average molecular weight is 306 g/mol. The van der Waals surface area contributed by atoms with Gasteiger partial charge in [0, 0.05) is 0 Å². The van der Waals surface area contributed by atoms with E-state index in [1.165, 1.54) is 0 Å². The van der Waals surface area contributed by atoms with Gasteiger partial charge in [0.2, 0.25) is 0 Å². The van der Waals surface area contributed by atoms with Crippen LogP contribution in [-0.4, -0.2) is 11.9 Å². The van der Waals surface area contributed by atoms with Crippen LogP contribution in [0.2, 0.25) is 0 Å². The largest absolute Gasteiger partial charge is 1.00 e. The smallest absolute Gasteiger partial charge is 0.483 e. The van der Waals surface area contributed by atoms with Crippen molar-refractivity contribution in [3.63, 3.8) is 0 Å². The van der Waals surface area contributed by atoms with Crippen LogP contribution in [0.15, 0.2) is 60.7 Å². The summed E-state index contributed by atoms with van der Waals surface area (Å²) in [5, 5.41) is 0. The summed E-state index contributed by atoms with van der Waals surface area (Å²) in [7, 11) is 0. The van der Waals surface area contributed by atoms with Gasteiger partial charge in [0.05, 0.1) is 0 Å². The Morgan fingerprint density at radius 3 is 1.45 bits per heavy atom. The number of carbonyl (C=O) groups is 2. The van der Waals surface area contributed by atoms with Gasteiger partial charge in [-0.25, -0.2) is 0 Å². The molecule has 108 valence electrons. The molecule has 0 N–H and O–H groups in total. The normalized spacial score (nSPS) is 9.27. The molecule has 0 saturated heterocycles. The molecule has 5 heteroatoms. The molecule has 2 rings (SSSR count). The molecular weight excluding hydrogens is 291 g/mol. The molecule has 0 radical (unpaired) electrons. The SMILES string of the molecule is O=C([CH-]C(=O)OCc1ccccc1)OCc1ccccc1.[Na+]. The second-order valence-electron chi connectivity index (χ2n) is 4.33. The molecule has 0 aliphatic heterocycles. The number of carbonyl (C=O) groups excluding carboxylic acids is 2. The zero-order valence-corrected chi connectivity index (χ0v) is 14.4. The predicted molar refractivity (Wildman–Crippen MR) is 76.8 cm³/mol. The zero-order valence-electron chi connectivity index (χ0n) is 12.4. The summed E-state index contributed by atoms with van der Waals surface area (Å²) in [6, 6.07) is 18.5. The van der Waals surface area contributed by atoms with E-state index in [4.69, 9.17) is 9.47 Å². The summed E-state index contributed by atoms with van der Waals surface area (Å²) < 4.78 is 9.91. The molecule has 0 aliphatic rings. The third-order valence-corrected chi connectivity index (χ3v) is 2.68. The van der Waals surface area contributed by atoms with E-state index >= 15 is 0 Å². The molecule has 2 aromatic carbocycles. The van der Waals surface area contributed by atoms with Crippen molar-refractivity contribution in [2.75, 3.05) is 0 Å². The van der Waals surface area contributed by atoms with Gasteiger partial charge in [-0.15, -0.1) is 0 Å². The van der Waals surface area contributed by atoms with Crippen molar-refractivity contribution in [3.8, 4) is 0 Å². The van der Waals surface area contributed by atoms with Crippen molar-refractivity contribution in [2.24, 2.45) is 0 Å². The maximum Gasteiger partial charge on any atom is 1.00 e. The van der Waals surface area contributed by atoms with Gasteiger partial charge in [0.1, 0.15) is 13.2 Å². The second kappa shape index (κ2) is 10.1. The van der Waals surface area contributed by atoms with Gasteiger partial charge >= 0.3 is 29.6 Å². The van der Waals surface area contributed by atoms with Crippen LogP contribution in [0.1, 0.15) is 11.1 Å². The van der Waals surface area contributed by atoms with Crippen LogP contribution in [0, 0.1) is 6.42 Å². The fourth-order valence-corrected chi connectivity index (χ4v) is 1.64.